The minimum atomic E-state index is 0.508. The summed E-state index contributed by atoms with van der Waals surface area (Å²) in [5, 5.41) is 0. The van der Waals surface area contributed by atoms with Crippen LogP contribution in [0.3, 0.4) is 0 Å². The lowest BCUT2D eigenvalue weighted by molar-refractivity contribution is -0.169. The molecule has 4 fully saturated rings. The van der Waals surface area contributed by atoms with Gasteiger partial charge in [0.25, 0.3) is 0 Å². The average molecular weight is 230 g/mol. The first kappa shape index (κ1) is 10.3. The lowest BCUT2D eigenvalue weighted by Gasteiger charge is -2.72. The van der Waals surface area contributed by atoms with Gasteiger partial charge < -0.3 is 0 Å². The zero-order valence-electron chi connectivity index (χ0n) is 10.8. The molecule has 17 heavy (non-hydrogen) atoms. The molecule has 0 aromatic rings. The molecule has 5 aliphatic rings. The molecule has 0 unspecified atom stereocenters. The fraction of sp³-hybridized carbons (Fsp3) is 0.812. The highest BCUT2D eigenvalue weighted by Gasteiger charge is 2.67. The molecule has 0 amide bonds. The van der Waals surface area contributed by atoms with E-state index in [0.717, 1.165) is 6.42 Å². The predicted molar refractivity (Wildman–Crippen MR) is 67.6 cm³/mol. The molecule has 0 aromatic carbocycles. The van der Waals surface area contributed by atoms with Crippen molar-refractivity contribution in [1.29, 1.82) is 0 Å². The Morgan fingerprint density at radius 3 is 2.29 bits per heavy atom. The second-order valence-electron chi connectivity index (χ2n) is 7.77. The van der Waals surface area contributed by atoms with Gasteiger partial charge in [0.2, 0.25) is 0 Å². The number of carbonyl (C=O) groups excluding carboxylic acids is 1. The molecule has 0 aromatic heterocycles. The Bertz CT molecular complexity index is 405. The second-order valence-corrected chi connectivity index (χ2v) is 7.77. The molecule has 0 atom stereocenters. The highest BCUT2D eigenvalue weighted by atomic mass is 16.1. The molecule has 1 heteroatoms. The zero-order valence-corrected chi connectivity index (χ0v) is 10.8. The van der Waals surface area contributed by atoms with Crippen molar-refractivity contribution in [1.82, 2.24) is 0 Å². The van der Waals surface area contributed by atoms with Gasteiger partial charge in [-0.3, -0.25) is 4.79 Å². The maximum Gasteiger partial charge on any atom is 0.145 e. The minimum absolute atomic E-state index is 0.508. The van der Waals surface area contributed by atoms with Crippen LogP contribution < -0.4 is 0 Å². The molecule has 92 valence electrons. The Morgan fingerprint density at radius 1 is 1.12 bits per heavy atom. The summed E-state index contributed by atoms with van der Waals surface area (Å²) in [5.41, 5.74) is 4.61. The van der Waals surface area contributed by atoms with Crippen LogP contribution in [0.5, 0.6) is 0 Å². The van der Waals surface area contributed by atoms with Crippen molar-refractivity contribution in [2.75, 3.05) is 0 Å². The average Bonchev–Trinajstić information content (AvgIpc) is 2.20. The van der Waals surface area contributed by atoms with Gasteiger partial charge in [0.15, 0.2) is 0 Å². The van der Waals surface area contributed by atoms with E-state index in [1.165, 1.54) is 63.2 Å². The summed E-state index contributed by atoms with van der Waals surface area (Å²) in [6, 6.07) is 0. The van der Waals surface area contributed by atoms with Gasteiger partial charge in [0, 0.05) is 0 Å². The highest BCUT2D eigenvalue weighted by molar-refractivity contribution is 5.76. The summed E-state index contributed by atoms with van der Waals surface area (Å²) in [6.07, 6.45) is 13.2. The van der Waals surface area contributed by atoms with Gasteiger partial charge in [-0.15, -0.1) is 0 Å². The van der Waals surface area contributed by atoms with E-state index in [9.17, 15) is 4.79 Å². The monoisotopic (exact) mass is 230 g/mol. The van der Waals surface area contributed by atoms with Crippen molar-refractivity contribution >= 4 is 6.29 Å². The Kier molecular flexibility index (Phi) is 1.74. The Balaban J connectivity index is 1.66. The van der Waals surface area contributed by atoms with E-state index in [1.54, 1.807) is 5.57 Å². The molecule has 4 saturated carbocycles. The normalized spacial score (nSPS) is 45.9. The van der Waals surface area contributed by atoms with Crippen LogP contribution in [0.4, 0.5) is 0 Å². The van der Waals surface area contributed by atoms with Crippen molar-refractivity contribution in [2.45, 2.75) is 64.7 Å². The van der Waals surface area contributed by atoms with E-state index in [2.05, 4.69) is 6.92 Å². The zero-order chi connectivity index (χ0) is 11.7. The molecular formula is C16H22O. The topological polar surface area (TPSA) is 17.1 Å². The number of hydrogen-bond acceptors (Lipinski definition) is 1. The van der Waals surface area contributed by atoms with E-state index >= 15 is 0 Å². The largest absolute Gasteiger partial charge is 0.298 e. The lowest BCUT2D eigenvalue weighted by Crippen LogP contribution is -2.61. The number of carbonyl (C=O) groups is 1. The summed E-state index contributed by atoms with van der Waals surface area (Å²) < 4.78 is 0. The second kappa shape index (κ2) is 2.87. The fourth-order valence-electron chi connectivity index (χ4n) is 5.50. The van der Waals surface area contributed by atoms with Crippen molar-refractivity contribution in [3.05, 3.63) is 11.1 Å². The van der Waals surface area contributed by atoms with Gasteiger partial charge >= 0.3 is 0 Å². The van der Waals surface area contributed by atoms with Crippen LogP contribution >= 0.6 is 0 Å². The lowest BCUT2D eigenvalue weighted by atomic mass is 9.32. The first-order chi connectivity index (χ1) is 8.09. The van der Waals surface area contributed by atoms with E-state index in [-0.39, 0.29) is 0 Å². The molecule has 5 rings (SSSR count). The third kappa shape index (κ3) is 1.18. The SMILES string of the molecule is CC12CC(C3=C(C=O)CCC4(CCC4)C3)(C1)C2. The van der Waals surface area contributed by atoms with Gasteiger partial charge in [-0.2, -0.15) is 0 Å². The summed E-state index contributed by atoms with van der Waals surface area (Å²) in [5.74, 6) is 0. The summed E-state index contributed by atoms with van der Waals surface area (Å²) in [4.78, 5) is 11.3. The smallest absolute Gasteiger partial charge is 0.145 e. The van der Waals surface area contributed by atoms with E-state index in [1.807, 2.05) is 0 Å². The molecule has 0 aliphatic heterocycles. The number of rotatable bonds is 2. The van der Waals surface area contributed by atoms with Crippen molar-refractivity contribution in [3.8, 4) is 0 Å². The van der Waals surface area contributed by atoms with E-state index < -0.39 is 0 Å². The Morgan fingerprint density at radius 2 is 1.82 bits per heavy atom. The standard InChI is InChI=1S/C16H22O/c1-14-9-16(10-14,11-14)13-7-15(4-2-5-15)6-3-12(13)8-17/h8H,2-7,9-11H2,1H3. The molecule has 5 aliphatic carbocycles. The van der Waals surface area contributed by atoms with Gasteiger partial charge in [-0.1, -0.05) is 18.9 Å². The number of hydrogen-bond donors (Lipinski definition) is 0. The summed E-state index contributed by atoms with van der Waals surface area (Å²) in [7, 11) is 0. The third-order valence-corrected chi connectivity index (χ3v) is 6.36. The van der Waals surface area contributed by atoms with Crippen LogP contribution in [0.25, 0.3) is 0 Å². The molecule has 1 nitrogen and oxygen atoms in total. The van der Waals surface area contributed by atoms with Crippen molar-refractivity contribution < 1.29 is 4.79 Å². The van der Waals surface area contributed by atoms with Gasteiger partial charge in [-0.25, -0.2) is 0 Å². The fourth-order valence-corrected chi connectivity index (χ4v) is 5.50. The molecule has 0 saturated heterocycles. The maximum absolute atomic E-state index is 11.3. The molecular weight excluding hydrogens is 208 g/mol. The molecule has 0 radical (unpaired) electrons. The molecule has 1 spiro atoms. The predicted octanol–water partition coefficient (Wildman–Crippen LogP) is 4.03. The van der Waals surface area contributed by atoms with Gasteiger partial charge in [0.05, 0.1) is 0 Å². The van der Waals surface area contributed by atoms with E-state index in [0.29, 0.717) is 16.2 Å². The van der Waals surface area contributed by atoms with Crippen LogP contribution in [0, 0.1) is 16.2 Å². The van der Waals surface area contributed by atoms with E-state index in [4.69, 9.17) is 0 Å². The third-order valence-electron chi connectivity index (χ3n) is 6.36. The van der Waals surface area contributed by atoms with Gasteiger partial charge in [0.1, 0.15) is 6.29 Å². The maximum atomic E-state index is 11.3. The van der Waals surface area contributed by atoms with Crippen LogP contribution in [-0.4, -0.2) is 6.29 Å². The van der Waals surface area contributed by atoms with Crippen molar-refractivity contribution in [2.24, 2.45) is 16.2 Å². The summed E-state index contributed by atoms with van der Waals surface area (Å²) >= 11 is 0. The van der Waals surface area contributed by atoms with Crippen LogP contribution in [-0.2, 0) is 4.79 Å². The number of allylic oxidation sites excluding steroid dienone is 2. The first-order valence-corrected chi connectivity index (χ1v) is 7.27. The van der Waals surface area contributed by atoms with Crippen LogP contribution in [0.15, 0.2) is 11.1 Å². The number of aldehydes is 1. The van der Waals surface area contributed by atoms with Crippen molar-refractivity contribution in [3.63, 3.8) is 0 Å². The molecule has 2 bridgehead atoms. The first-order valence-electron chi connectivity index (χ1n) is 7.27. The Labute approximate surface area is 104 Å². The molecule has 0 heterocycles. The molecule has 0 N–H and O–H groups in total. The quantitative estimate of drug-likeness (QED) is 0.655. The van der Waals surface area contributed by atoms with Crippen LogP contribution in [0.1, 0.15) is 64.7 Å². The van der Waals surface area contributed by atoms with Gasteiger partial charge in [-0.05, 0) is 73.2 Å². The minimum Gasteiger partial charge on any atom is -0.298 e. The van der Waals surface area contributed by atoms with Crippen LogP contribution in [0.2, 0.25) is 0 Å². The highest BCUT2D eigenvalue weighted by Crippen LogP contribution is 2.78. The summed E-state index contributed by atoms with van der Waals surface area (Å²) in [6.45, 7) is 2.41. The Hall–Kier alpha value is -0.590.